The van der Waals surface area contributed by atoms with Gasteiger partial charge in [-0.25, -0.2) is 5.32 Å². The van der Waals surface area contributed by atoms with Crippen LogP contribution in [0.2, 0.25) is 0 Å². The molecule has 1 heterocycles. The molecule has 0 amide bonds. The number of aliphatic hydroxyl groups excluding tert-OH is 1. The van der Waals surface area contributed by atoms with Gasteiger partial charge in [-0.3, -0.25) is 0 Å². The molecule has 1 aliphatic rings. The SMILES string of the molecule is [O-][N+]1=CCNC1O. The van der Waals surface area contributed by atoms with Crippen molar-refractivity contribution in [1.82, 2.24) is 5.32 Å². The van der Waals surface area contributed by atoms with Gasteiger partial charge in [0, 0.05) is 0 Å². The summed E-state index contributed by atoms with van der Waals surface area (Å²) in [4.78, 5) is 0. The highest BCUT2D eigenvalue weighted by atomic mass is 16.5. The minimum absolute atomic E-state index is 0.463. The van der Waals surface area contributed by atoms with E-state index in [4.69, 9.17) is 5.11 Å². The van der Waals surface area contributed by atoms with Gasteiger partial charge < -0.3 is 10.3 Å². The molecule has 1 atom stereocenters. The van der Waals surface area contributed by atoms with Gasteiger partial charge in [-0.1, -0.05) is 0 Å². The molecule has 0 aliphatic carbocycles. The van der Waals surface area contributed by atoms with Gasteiger partial charge >= 0.3 is 6.35 Å². The first-order valence-corrected chi connectivity index (χ1v) is 2.01. The summed E-state index contributed by atoms with van der Waals surface area (Å²) in [6.45, 7) is 0.463. The van der Waals surface area contributed by atoms with Crippen molar-refractivity contribution in [2.24, 2.45) is 0 Å². The average molecular weight is 102 g/mol. The van der Waals surface area contributed by atoms with Crippen LogP contribution in [-0.4, -0.2) is 29.0 Å². The molecule has 4 heteroatoms. The fourth-order valence-corrected chi connectivity index (χ4v) is 0.438. The highest BCUT2D eigenvalue weighted by Crippen LogP contribution is 1.81. The zero-order valence-electron chi connectivity index (χ0n) is 3.66. The smallest absolute Gasteiger partial charge is 0.327 e. The maximum absolute atomic E-state index is 10.1. The van der Waals surface area contributed by atoms with Gasteiger partial charge in [0.2, 0.25) is 0 Å². The number of rotatable bonds is 0. The van der Waals surface area contributed by atoms with Crippen molar-refractivity contribution in [2.45, 2.75) is 6.35 Å². The quantitative estimate of drug-likeness (QED) is 0.287. The Balaban J connectivity index is 2.54. The Hall–Kier alpha value is -0.610. The molecule has 1 unspecified atom stereocenters. The van der Waals surface area contributed by atoms with Crippen LogP contribution >= 0.6 is 0 Å². The summed E-state index contributed by atoms with van der Waals surface area (Å²) in [5.41, 5.74) is 0. The second kappa shape index (κ2) is 1.48. The number of hydrogen-bond acceptors (Lipinski definition) is 3. The molecule has 7 heavy (non-hydrogen) atoms. The molecule has 0 fully saturated rings. The minimum Gasteiger partial charge on any atom is -0.621 e. The van der Waals surface area contributed by atoms with Crippen LogP contribution in [0.25, 0.3) is 0 Å². The first kappa shape index (κ1) is 4.55. The Morgan fingerprint density at radius 3 is 2.86 bits per heavy atom. The van der Waals surface area contributed by atoms with Crippen LogP contribution in [0.3, 0.4) is 0 Å². The molecular formula is C3H6N2O2. The van der Waals surface area contributed by atoms with Gasteiger partial charge in [-0.2, -0.15) is 4.74 Å². The van der Waals surface area contributed by atoms with E-state index in [2.05, 4.69) is 5.32 Å². The van der Waals surface area contributed by atoms with Crippen LogP contribution in [0.1, 0.15) is 0 Å². The van der Waals surface area contributed by atoms with Gasteiger partial charge in [-0.15, -0.1) is 0 Å². The summed E-state index contributed by atoms with van der Waals surface area (Å²) < 4.78 is 0.472. The monoisotopic (exact) mass is 102 g/mol. The third kappa shape index (κ3) is 0.703. The third-order valence-electron chi connectivity index (χ3n) is 0.813. The van der Waals surface area contributed by atoms with Crippen LogP contribution in [0, 0.1) is 5.21 Å². The Morgan fingerprint density at radius 1 is 2.00 bits per heavy atom. The molecule has 40 valence electrons. The molecule has 0 radical (unpaired) electrons. The van der Waals surface area contributed by atoms with E-state index in [0.717, 1.165) is 0 Å². The summed E-state index contributed by atoms with van der Waals surface area (Å²) in [6, 6.07) is 0. The lowest BCUT2D eigenvalue weighted by atomic mass is 10.8. The Kier molecular flexibility index (Phi) is 0.958. The van der Waals surface area contributed by atoms with Crippen molar-refractivity contribution in [2.75, 3.05) is 6.54 Å². The highest BCUT2D eigenvalue weighted by molar-refractivity contribution is 5.55. The maximum atomic E-state index is 10.1. The largest absolute Gasteiger partial charge is 0.621 e. The van der Waals surface area contributed by atoms with E-state index in [9.17, 15) is 5.21 Å². The fraction of sp³-hybridized carbons (Fsp3) is 0.667. The van der Waals surface area contributed by atoms with Crippen LogP contribution in [-0.2, 0) is 0 Å². The summed E-state index contributed by atoms with van der Waals surface area (Å²) in [7, 11) is 0. The van der Waals surface area contributed by atoms with Crippen LogP contribution < -0.4 is 5.32 Å². The van der Waals surface area contributed by atoms with Crippen molar-refractivity contribution in [3.05, 3.63) is 5.21 Å². The average Bonchev–Trinajstić information content (AvgIpc) is 1.91. The molecule has 0 aromatic rings. The molecule has 1 aliphatic heterocycles. The normalized spacial score (nSPS) is 30.4. The predicted molar refractivity (Wildman–Crippen MR) is 23.7 cm³/mol. The van der Waals surface area contributed by atoms with Crippen molar-refractivity contribution in [3.8, 4) is 0 Å². The summed E-state index contributed by atoms with van der Waals surface area (Å²) in [6.07, 6.45) is 0.324. The Labute approximate surface area is 40.7 Å². The van der Waals surface area contributed by atoms with Crippen LogP contribution in [0.5, 0.6) is 0 Å². The maximum Gasteiger partial charge on any atom is 0.327 e. The molecule has 4 nitrogen and oxygen atoms in total. The second-order valence-electron chi connectivity index (χ2n) is 1.32. The van der Waals surface area contributed by atoms with E-state index in [1.165, 1.54) is 6.21 Å². The van der Waals surface area contributed by atoms with E-state index >= 15 is 0 Å². The predicted octanol–water partition coefficient (Wildman–Crippen LogP) is -1.55. The van der Waals surface area contributed by atoms with E-state index in [1.54, 1.807) is 0 Å². The van der Waals surface area contributed by atoms with Crippen molar-refractivity contribution in [3.63, 3.8) is 0 Å². The fourth-order valence-electron chi connectivity index (χ4n) is 0.438. The molecule has 0 aromatic carbocycles. The summed E-state index contributed by atoms with van der Waals surface area (Å²) in [5.74, 6) is 0. The number of hydrogen-bond donors (Lipinski definition) is 2. The number of nitrogens with one attached hydrogen (secondary N) is 1. The van der Waals surface area contributed by atoms with Crippen molar-refractivity contribution >= 4 is 6.21 Å². The van der Waals surface area contributed by atoms with Crippen molar-refractivity contribution in [1.29, 1.82) is 0 Å². The lowest BCUT2D eigenvalue weighted by Gasteiger charge is -2.00. The minimum atomic E-state index is -1.01. The molecule has 0 aromatic heterocycles. The Morgan fingerprint density at radius 2 is 2.71 bits per heavy atom. The molecule has 0 saturated carbocycles. The van der Waals surface area contributed by atoms with Gasteiger partial charge in [0.25, 0.3) is 0 Å². The lowest BCUT2D eigenvalue weighted by Crippen LogP contribution is -2.28. The second-order valence-corrected chi connectivity index (χ2v) is 1.32. The zero-order valence-corrected chi connectivity index (χ0v) is 3.66. The Bertz CT molecular complexity index is 101. The van der Waals surface area contributed by atoms with Crippen LogP contribution in [0.15, 0.2) is 0 Å². The number of nitrogens with zero attached hydrogens (tertiary/aromatic N) is 1. The molecule has 0 saturated heterocycles. The zero-order chi connectivity index (χ0) is 5.28. The van der Waals surface area contributed by atoms with Gasteiger partial charge in [0.15, 0.2) is 6.21 Å². The van der Waals surface area contributed by atoms with E-state index in [-0.39, 0.29) is 0 Å². The van der Waals surface area contributed by atoms with Crippen LogP contribution in [0.4, 0.5) is 0 Å². The van der Waals surface area contributed by atoms with E-state index < -0.39 is 6.35 Å². The van der Waals surface area contributed by atoms with Gasteiger partial charge in [0.05, 0.1) is 6.54 Å². The summed E-state index contributed by atoms with van der Waals surface area (Å²) in [5, 5.41) is 21.1. The molecule has 2 N–H and O–H groups in total. The molecule has 0 bridgehead atoms. The first-order chi connectivity index (χ1) is 3.30. The van der Waals surface area contributed by atoms with Crippen molar-refractivity contribution < 1.29 is 9.85 Å². The van der Waals surface area contributed by atoms with E-state index in [1.807, 2.05) is 0 Å². The van der Waals surface area contributed by atoms with Gasteiger partial charge in [-0.05, 0) is 0 Å². The highest BCUT2D eigenvalue weighted by Gasteiger charge is 2.14. The third-order valence-corrected chi connectivity index (χ3v) is 0.813. The summed E-state index contributed by atoms with van der Waals surface area (Å²) >= 11 is 0. The molecular weight excluding hydrogens is 96.0 g/mol. The molecule has 1 rings (SSSR count). The number of aliphatic hydroxyl groups is 1. The standard InChI is InChI=1S/C3H6N2O2/c6-3-4-1-2-5(3)7/h2-4,6H,1H2. The van der Waals surface area contributed by atoms with Gasteiger partial charge in [0.1, 0.15) is 0 Å². The van der Waals surface area contributed by atoms with E-state index in [0.29, 0.717) is 11.3 Å². The first-order valence-electron chi connectivity index (χ1n) is 2.01. The molecule has 0 spiro atoms. The lowest BCUT2D eigenvalue weighted by molar-refractivity contribution is -0.544. The topological polar surface area (TPSA) is 58.3 Å². The number of hydroxylamine groups is 1.